The second-order valence-corrected chi connectivity index (χ2v) is 9.35. The highest BCUT2D eigenvalue weighted by molar-refractivity contribution is 6.31. The van der Waals surface area contributed by atoms with Crippen LogP contribution in [0.4, 0.5) is 14.7 Å². The largest absolute Gasteiger partial charge is 0.327 e. The maximum absolute atomic E-state index is 13.8. The molecule has 0 spiro atoms. The molecule has 0 atom stereocenters. The van der Waals surface area contributed by atoms with Gasteiger partial charge in [-0.2, -0.15) is 0 Å². The topological polar surface area (TPSA) is 67.2 Å². The number of benzene rings is 3. The van der Waals surface area contributed by atoms with E-state index < -0.39 is 23.4 Å². The third kappa shape index (κ3) is 6.15. The standard InChI is InChI=1S/C27H22Cl2F2N4O2/c1-16(2)34(26(37)18-5-9-20(30)10-6-18)15-25(36)33-27-32-24(17-3-7-19(28)8-4-17)14-35(27)21-11-12-23(31)22(29)13-21/h3-14,16H,15H2,1-2H3,(H,32,33,36). The van der Waals surface area contributed by atoms with Crippen LogP contribution in [-0.4, -0.2) is 38.9 Å². The number of halogens is 4. The van der Waals surface area contributed by atoms with Gasteiger partial charge in [-0.1, -0.05) is 35.3 Å². The van der Waals surface area contributed by atoms with Gasteiger partial charge in [-0.15, -0.1) is 0 Å². The molecule has 10 heteroatoms. The summed E-state index contributed by atoms with van der Waals surface area (Å²) in [6, 6.07) is 15.9. The van der Waals surface area contributed by atoms with Crippen molar-refractivity contribution >= 4 is 41.0 Å². The number of hydrogen-bond acceptors (Lipinski definition) is 3. The molecule has 1 aromatic heterocycles. The SMILES string of the molecule is CC(C)N(CC(=O)Nc1nc(-c2ccc(Cl)cc2)cn1-c1ccc(F)c(Cl)c1)C(=O)c1ccc(F)cc1. The van der Waals surface area contributed by atoms with Crippen molar-refractivity contribution in [1.82, 2.24) is 14.5 Å². The van der Waals surface area contributed by atoms with Crippen LogP contribution in [0.3, 0.4) is 0 Å². The molecule has 2 amide bonds. The number of nitrogens with one attached hydrogen (secondary N) is 1. The smallest absolute Gasteiger partial charge is 0.254 e. The monoisotopic (exact) mass is 542 g/mol. The Balaban J connectivity index is 1.64. The molecule has 4 rings (SSSR count). The predicted octanol–water partition coefficient (Wildman–Crippen LogP) is 6.61. The fourth-order valence-corrected chi connectivity index (χ4v) is 3.93. The number of rotatable bonds is 7. The van der Waals surface area contributed by atoms with Gasteiger partial charge >= 0.3 is 0 Å². The highest BCUT2D eigenvalue weighted by Gasteiger charge is 2.23. The average molecular weight is 543 g/mol. The first-order valence-corrected chi connectivity index (χ1v) is 12.0. The quantitative estimate of drug-likeness (QED) is 0.285. The molecule has 6 nitrogen and oxygen atoms in total. The molecule has 190 valence electrons. The third-order valence-corrected chi connectivity index (χ3v) is 6.11. The van der Waals surface area contributed by atoms with E-state index in [1.54, 1.807) is 48.9 Å². The average Bonchev–Trinajstić information content (AvgIpc) is 3.28. The van der Waals surface area contributed by atoms with Crippen molar-refractivity contribution in [3.8, 4) is 16.9 Å². The molecule has 0 bridgehead atoms. The number of carbonyl (C=O) groups is 2. The van der Waals surface area contributed by atoms with E-state index >= 15 is 0 Å². The van der Waals surface area contributed by atoms with Crippen LogP contribution in [0.2, 0.25) is 10.0 Å². The van der Waals surface area contributed by atoms with Crippen LogP contribution in [-0.2, 0) is 4.79 Å². The number of amides is 2. The Labute approximate surface area is 222 Å². The van der Waals surface area contributed by atoms with Gasteiger partial charge in [-0.3, -0.25) is 19.5 Å². The Hall–Kier alpha value is -3.75. The summed E-state index contributed by atoms with van der Waals surface area (Å²) < 4.78 is 28.7. The molecule has 37 heavy (non-hydrogen) atoms. The first-order valence-electron chi connectivity index (χ1n) is 11.3. The van der Waals surface area contributed by atoms with Crippen LogP contribution < -0.4 is 5.32 Å². The Bertz CT molecular complexity index is 1440. The van der Waals surface area contributed by atoms with E-state index in [4.69, 9.17) is 23.2 Å². The zero-order valence-electron chi connectivity index (χ0n) is 19.9. The number of imidazole rings is 1. The summed E-state index contributed by atoms with van der Waals surface area (Å²) >= 11 is 12.0. The molecule has 0 aliphatic rings. The third-order valence-electron chi connectivity index (χ3n) is 5.57. The van der Waals surface area contributed by atoms with Gasteiger partial charge in [0.05, 0.1) is 16.4 Å². The lowest BCUT2D eigenvalue weighted by Crippen LogP contribution is -2.42. The molecule has 0 aliphatic carbocycles. The molecule has 0 unspecified atom stereocenters. The van der Waals surface area contributed by atoms with E-state index in [1.165, 1.54) is 47.4 Å². The lowest BCUT2D eigenvalue weighted by atomic mass is 10.1. The summed E-state index contributed by atoms with van der Waals surface area (Å²) in [5.74, 6) is -1.82. The van der Waals surface area contributed by atoms with Crippen molar-refractivity contribution < 1.29 is 18.4 Å². The molecular weight excluding hydrogens is 521 g/mol. The molecule has 3 aromatic carbocycles. The molecule has 0 saturated carbocycles. The summed E-state index contributed by atoms with van der Waals surface area (Å²) in [5, 5.41) is 3.21. The number of anilines is 1. The Kier molecular flexibility index (Phi) is 7.90. The number of aromatic nitrogens is 2. The highest BCUT2D eigenvalue weighted by Crippen LogP contribution is 2.27. The minimum absolute atomic E-state index is 0.0904. The highest BCUT2D eigenvalue weighted by atomic mass is 35.5. The van der Waals surface area contributed by atoms with Gasteiger partial charge in [-0.05, 0) is 68.4 Å². The van der Waals surface area contributed by atoms with Crippen LogP contribution in [0.25, 0.3) is 16.9 Å². The molecular formula is C27H22Cl2F2N4O2. The van der Waals surface area contributed by atoms with Crippen LogP contribution in [0.15, 0.2) is 72.9 Å². The molecule has 1 heterocycles. The summed E-state index contributed by atoms with van der Waals surface area (Å²) in [5.41, 5.74) is 1.99. The molecule has 0 fully saturated rings. The van der Waals surface area contributed by atoms with Crippen molar-refractivity contribution in [3.05, 3.63) is 100 Å². The first kappa shape index (κ1) is 26.3. The Morgan fingerprint density at radius 3 is 2.30 bits per heavy atom. The number of carbonyl (C=O) groups excluding carboxylic acids is 2. The van der Waals surface area contributed by atoms with Gasteiger partial charge in [0.1, 0.15) is 18.2 Å². The summed E-state index contributed by atoms with van der Waals surface area (Å²) in [6.45, 7) is 3.27. The first-order chi connectivity index (χ1) is 17.6. The normalized spacial score (nSPS) is 11.0. The van der Waals surface area contributed by atoms with Crippen LogP contribution in [0, 0.1) is 11.6 Å². The summed E-state index contributed by atoms with van der Waals surface area (Å²) in [6.07, 6.45) is 1.67. The zero-order valence-corrected chi connectivity index (χ0v) is 21.4. The molecule has 0 radical (unpaired) electrons. The van der Waals surface area contributed by atoms with Gasteiger partial charge in [0.2, 0.25) is 11.9 Å². The van der Waals surface area contributed by atoms with E-state index in [2.05, 4.69) is 10.3 Å². The van der Waals surface area contributed by atoms with Crippen LogP contribution in [0.5, 0.6) is 0 Å². The Morgan fingerprint density at radius 2 is 1.68 bits per heavy atom. The van der Waals surface area contributed by atoms with Gasteiger partial charge < -0.3 is 4.90 Å². The summed E-state index contributed by atoms with van der Waals surface area (Å²) in [7, 11) is 0. The fraction of sp³-hybridized carbons (Fsp3) is 0.148. The predicted molar refractivity (Wildman–Crippen MR) is 140 cm³/mol. The second kappa shape index (κ2) is 11.1. The maximum Gasteiger partial charge on any atom is 0.254 e. The zero-order chi connectivity index (χ0) is 26.7. The summed E-state index contributed by atoms with van der Waals surface area (Å²) in [4.78, 5) is 32.0. The molecule has 0 saturated heterocycles. The van der Waals surface area contributed by atoms with E-state index in [0.29, 0.717) is 16.4 Å². The lowest BCUT2D eigenvalue weighted by Gasteiger charge is -2.26. The van der Waals surface area contributed by atoms with E-state index in [-0.39, 0.29) is 29.1 Å². The van der Waals surface area contributed by atoms with Crippen molar-refractivity contribution in [3.63, 3.8) is 0 Å². The van der Waals surface area contributed by atoms with Crippen molar-refractivity contribution in [1.29, 1.82) is 0 Å². The van der Waals surface area contributed by atoms with E-state index in [0.717, 1.165) is 5.56 Å². The number of hydrogen-bond donors (Lipinski definition) is 1. The van der Waals surface area contributed by atoms with Crippen molar-refractivity contribution in [2.75, 3.05) is 11.9 Å². The van der Waals surface area contributed by atoms with Crippen molar-refractivity contribution in [2.24, 2.45) is 0 Å². The molecule has 4 aromatic rings. The fourth-order valence-electron chi connectivity index (χ4n) is 3.63. The minimum atomic E-state index is -0.582. The van der Waals surface area contributed by atoms with E-state index in [1.807, 2.05) is 0 Å². The minimum Gasteiger partial charge on any atom is -0.327 e. The van der Waals surface area contributed by atoms with Gasteiger partial charge in [0.25, 0.3) is 5.91 Å². The van der Waals surface area contributed by atoms with Crippen LogP contribution >= 0.6 is 23.2 Å². The maximum atomic E-state index is 13.8. The van der Waals surface area contributed by atoms with Gasteiger partial charge in [0.15, 0.2) is 0 Å². The van der Waals surface area contributed by atoms with Crippen molar-refractivity contribution in [2.45, 2.75) is 19.9 Å². The molecule has 0 aliphatic heterocycles. The Morgan fingerprint density at radius 1 is 1.00 bits per heavy atom. The van der Waals surface area contributed by atoms with Gasteiger partial charge in [0, 0.05) is 28.4 Å². The lowest BCUT2D eigenvalue weighted by molar-refractivity contribution is -0.117. The van der Waals surface area contributed by atoms with Gasteiger partial charge in [-0.25, -0.2) is 13.8 Å². The molecule has 1 N–H and O–H groups in total. The van der Waals surface area contributed by atoms with E-state index in [9.17, 15) is 18.4 Å². The number of nitrogens with zero attached hydrogens (tertiary/aromatic N) is 3. The second-order valence-electron chi connectivity index (χ2n) is 8.51. The van der Waals surface area contributed by atoms with Crippen LogP contribution in [0.1, 0.15) is 24.2 Å².